The van der Waals surface area contributed by atoms with Crippen molar-refractivity contribution in [3.63, 3.8) is 0 Å². The fourth-order valence-electron chi connectivity index (χ4n) is 1.64. The molecule has 0 radical (unpaired) electrons. The Labute approximate surface area is 107 Å². The largest absolute Gasteiger partial charge is 0.479 e. The third-order valence-corrected chi connectivity index (χ3v) is 2.88. The third-order valence-electron chi connectivity index (χ3n) is 2.88. The molecule has 0 aromatic heterocycles. The van der Waals surface area contributed by atoms with Crippen LogP contribution in [-0.4, -0.2) is 28.6 Å². The molecule has 7 heteroatoms. The van der Waals surface area contributed by atoms with E-state index in [1.165, 1.54) is 0 Å². The Bertz CT molecular complexity index is 506. The van der Waals surface area contributed by atoms with Gasteiger partial charge in [-0.1, -0.05) is 30.3 Å². The summed E-state index contributed by atoms with van der Waals surface area (Å²) >= 11 is 0. The highest BCUT2D eigenvalue weighted by molar-refractivity contribution is 5.89. The number of benzene rings is 1. The first-order chi connectivity index (χ1) is 8.87. The average molecular weight is 271 g/mol. The highest BCUT2D eigenvalue weighted by Gasteiger charge is 2.78. The Kier molecular flexibility index (Phi) is 3.13. The van der Waals surface area contributed by atoms with Crippen LogP contribution in [0.5, 0.6) is 0 Å². The minimum absolute atomic E-state index is 0.117. The zero-order chi connectivity index (χ0) is 14.1. The molecule has 2 rings (SSSR count). The van der Waals surface area contributed by atoms with Crippen LogP contribution in [0.25, 0.3) is 0 Å². The van der Waals surface area contributed by atoms with Gasteiger partial charge in [0.15, 0.2) is 0 Å². The molecule has 0 unspecified atom stereocenters. The highest BCUT2D eigenvalue weighted by atomic mass is 19.3. The van der Waals surface area contributed by atoms with E-state index in [9.17, 15) is 18.4 Å². The standard InChI is InChI=1S/C12H11F2NO4/c13-12(14)7-11(12,9(16)17)15-10(18)19-6-8-4-2-1-3-5-8/h1-5H,6-7H2,(H,15,18)(H,16,17)/t11-/m0/s1. The van der Waals surface area contributed by atoms with Gasteiger partial charge in [0.2, 0.25) is 5.54 Å². The molecule has 0 aliphatic heterocycles. The van der Waals surface area contributed by atoms with Gasteiger partial charge in [-0.15, -0.1) is 0 Å². The zero-order valence-electron chi connectivity index (χ0n) is 9.73. The Morgan fingerprint density at radius 2 is 1.89 bits per heavy atom. The quantitative estimate of drug-likeness (QED) is 0.875. The van der Waals surface area contributed by atoms with Crippen LogP contribution >= 0.6 is 0 Å². The monoisotopic (exact) mass is 271 g/mol. The van der Waals surface area contributed by atoms with E-state index in [1.807, 2.05) is 0 Å². The lowest BCUT2D eigenvalue weighted by Crippen LogP contribution is -2.47. The zero-order valence-corrected chi connectivity index (χ0v) is 9.73. The minimum atomic E-state index is -3.44. The minimum Gasteiger partial charge on any atom is -0.479 e. The molecule has 0 bridgehead atoms. The molecule has 1 aromatic carbocycles. The van der Waals surface area contributed by atoms with Gasteiger partial charge < -0.3 is 9.84 Å². The number of carbonyl (C=O) groups excluding carboxylic acids is 1. The van der Waals surface area contributed by atoms with Crippen molar-refractivity contribution in [2.24, 2.45) is 0 Å². The van der Waals surface area contributed by atoms with Crippen LogP contribution in [-0.2, 0) is 16.1 Å². The summed E-state index contributed by atoms with van der Waals surface area (Å²) in [5, 5.41) is 10.4. The summed E-state index contributed by atoms with van der Waals surface area (Å²) in [4.78, 5) is 22.1. The molecule has 1 aliphatic rings. The van der Waals surface area contributed by atoms with Gasteiger partial charge in [0.1, 0.15) is 6.61 Å². The van der Waals surface area contributed by atoms with E-state index in [0.29, 0.717) is 5.56 Å². The van der Waals surface area contributed by atoms with E-state index in [2.05, 4.69) is 0 Å². The number of carboxylic acid groups (broad SMARTS) is 1. The number of hydrogen-bond acceptors (Lipinski definition) is 3. The van der Waals surface area contributed by atoms with Crippen LogP contribution in [0, 0.1) is 0 Å². The van der Waals surface area contributed by atoms with Crippen LogP contribution in [0.2, 0.25) is 0 Å². The number of nitrogens with one attached hydrogen (secondary N) is 1. The average Bonchev–Trinajstić information content (AvgIpc) is 2.91. The van der Waals surface area contributed by atoms with E-state index in [-0.39, 0.29) is 6.61 Å². The van der Waals surface area contributed by atoms with Crippen molar-refractivity contribution in [2.75, 3.05) is 0 Å². The van der Waals surface area contributed by atoms with Crippen molar-refractivity contribution >= 4 is 12.1 Å². The number of alkyl halides is 2. The smallest absolute Gasteiger partial charge is 0.408 e. The molecule has 0 saturated heterocycles. The normalized spacial score (nSPS) is 23.5. The molecule has 1 amide bonds. The lowest BCUT2D eigenvalue weighted by atomic mass is 10.2. The van der Waals surface area contributed by atoms with Crippen molar-refractivity contribution in [3.8, 4) is 0 Å². The van der Waals surface area contributed by atoms with E-state index < -0.39 is 29.9 Å². The van der Waals surface area contributed by atoms with Gasteiger partial charge in [-0.3, -0.25) is 5.32 Å². The van der Waals surface area contributed by atoms with Crippen molar-refractivity contribution in [2.45, 2.75) is 24.5 Å². The first-order valence-corrected chi connectivity index (χ1v) is 5.47. The van der Waals surface area contributed by atoms with Crippen molar-refractivity contribution < 1.29 is 28.2 Å². The summed E-state index contributed by atoms with van der Waals surface area (Å²) in [5.74, 6) is -5.21. The van der Waals surface area contributed by atoms with Crippen LogP contribution in [0.15, 0.2) is 30.3 Å². The maximum atomic E-state index is 13.0. The Morgan fingerprint density at radius 3 is 2.37 bits per heavy atom. The number of carbonyl (C=O) groups is 2. The number of hydrogen-bond donors (Lipinski definition) is 2. The van der Waals surface area contributed by atoms with Crippen LogP contribution in [0.4, 0.5) is 13.6 Å². The third kappa shape index (κ3) is 2.49. The van der Waals surface area contributed by atoms with Gasteiger partial charge in [0, 0.05) is 0 Å². The summed E-state index contributed by atoms with van der Waals surface area (Å²) in [5.41, 5.74) is -1.86. The van der Waals surface area contributed by atoms with Crippen molar-refractivity contribution in [1.29, 1.82) is 0 Å². The maximum Gasteiger partial charge on any atom is 0.408 e. The Morgan fingerprint density at radius 1 is 1.32 bits per heavy atom. The second-order valence-corrected chi connectivity index (χ2v) is 4.28. The molecule has 1 fully saturated rings. The van der Waals surface area contributed by atoms with Crippen LogP contribution in [0.1, 0.15) is 12.0 Å². The van der Waals surface area contributed by atoms with E-state index in [1.54, 1.807) is 35.6 Å². The van der Waals surface area contributed by atoms with Crippen LogP contribution < -0.4 is 5.32 Å². The molecule has 1 aliphatic carbocycles. The number of ether oxygens (including phenoxy) is 1. The first kappa shape index (κ1) is 13.3. The number of rotatable bonds is 4. The van der Waals surface area contributed by atoms with Gasteiger partial charge >= 0.3 is 12.1 Å². The summed E-state index contributed by atoms with van der Waals surface area (Å²) in [7, 11) is 0. The summed E-state index contributed by atoms with van der Waals surface area (Å²) in [6.07, 6.45) is -2.10. The summed E-state index contributed by atoms with van der Waals surface area (Å²) in [6, 6.07) is 8.60. The number of carboxylic acids is 1. The Balaban J connectivity index is 1.90. The fourth-order valence-corrected chi connectivity index (χ4v) is 1.64. The summed E-state index contributed by atoms with van der Waals surface area (Å²) in [6.45, 7) is -0.117. The predicted molar refractivity (Wildman–Crippen MR) is 59.7 cm³/mol. The van der Waals surface area contributed by atoms with Gasteiger partial charge in [0.25, 0.3) is 5.92 Å². The molecule has 0 heterocycles. The summed E-state index contributed by atoms with van der Waals surface area (Å²) < 4.78 is 30.7. The lowest BCUT2D eigenvalue weighted by molar-refractivity contribution is -0.143. The van der Waals surface area contributed by atoms with E-state index in [0.717, 1.165) is 0 Å². The molecule has 19 heavy (non-hydrogen) atoms. The van der Waals surface area contributed by atoms with Gasteiger partial charge in [-0.25, -0.2) is 18.4 Å². The van der Waals surface area contributed by atoms with Crippen molar-refractivity contribution in [1.82, 2.24) is 5.32 Å². The molecular formula is C12H11F2NO4. The van der Waals surface area contributed by atoms with Gasteiger partial charge in [-0.2, -0.15) is 0 Å². The molecule has 2 N–H and O–H groups in total. The topological polar surface area (TPSA) is 75.6 Å². The van der Waals surface area contributed by atoms with Crippen LogP contribution in [0.3, 0.4) is 0 Å². The van der Waals surface area contributed by atoms with E-state index >= 15 is 0 Å². The molecule has 5 nitrogen and oxygen atoms in total. The number of aliphatic carboxylic acids is 1. The second-order valence-electron chi connectivity index (χ2n) is 4.28. The maximum absolute atomic E-state index is 13.0. The Hall–Kier alpha value is -2.18. The molecule has 0 spiro atoms. The highest BCUT2D eigenvalue weighted by Crippen LogP contribution is 2.52. The molecule has 1 aromatic rings. The number of alkyl carbamates (subject to hydrolysis) is 1. The molecule has 1 saturated carbocycles. The SMILES string of the molecule is O=C(N[C@]1(C(=O)O)CC1(F)F)OCc1ccccc1. The molecular weight excluding hydrogens is 260 g/mol. The number of halogens is 2. The van der Waals surface area contributed by atoms with Crippen molar-refractivity contribution in [3.05, 3.63) is 35.9 Å². The number of amides is 1. The van der Waals surface area contributed by atoms with Gasteiger partial charge in [0.05, 0.1) is 6.42 Å². The molecule has 1 atom stereocenters. The first-order valence-electron chi connectivity index (χ1n) is 5.47. The molecule has 102 valence electrons. The second kappa shape index (κ2) is 4.49. The van der Waals surface area contributed by atoms with E-state index in [4.69, 9.17) is 9.84 Å². The lowest BCUT2D eigenvalue weighted by Gasteiger charge is -2.13. The fraction of sp³-hybridized carbons (Fsp3) is 0.333. The van der Waals surface area contributed by atoms with Gasteiger partial charge in [-0.05, 0) is 5.56 Å². The predicted octanol–water partition coefficient (Wildman–Crippen LogP) is 1.78.